The van der Waals surface area contributed by atoms with E-state index in [1.807, 2.05) is 6.26 Å². The van der Waals surface area contributed by atoms with Crippen LogP contribution in [0.25, 0.3) is 0 Å². The normalized spacial score (nSPS) is 12.5. The summed E-state index contributed by atoms with van der Waals surface area (Å²) >= 11 is 1.47. The molecular formula is C19H22F2N2O3S2. The van der Waals surface area contributed by atoms with Crippen molar-refractivity contribution in [3.63, 3.8) is 0 Å². The Balaban J connectivity index is 2.02. The lowest BCUT2D eigenvalue weighted by Crippen LogP contribution is -2.47. The maximum Gasteiger partial charge on any atom is 0.244 e. The van der Waals surface area contributed by atoms with E-state index < -0.39 is 32.7 Å². The number of halogens is 2. The molecule has 1 amide bonds. The van der Waals surface area contributed by atoms with E-state index in [0.717, 1.165) is 17.7 Å². The maximum atomic E-state index is 13.9. The van der Waals surface area contributed by atoms with Gasteiger partial charge in [-0.25, -0.2) is 17.2 Å². The standard InChI is InChI=1S/C19H22F2N2O3S2/c1-27-13-11-17(23-28(25,26)18-5-3-2-4-16(18)21)19(24)22-12-10-14-6-8-15(20)9-7-14/h2-9,17,23H,10-13H2,1H3,(H,22,24)/t17-/m0/s1. The monoisotopic (exact) mass is 428 g/mol. The van der Waals surface area contributed by atoms with Crippen LogP contribution in [0.4, 0.5) is 8.78 Å². The van der Waals surface area contributed by atoms with Crippen molar-refractivity contribution in [2.75, 3.05) is 18.6 Å². The first kappa shape index (κ1) is 22.3. The highest BCUT2D eigenvalue weighted by molar-refractivity contribution is 7.98. The van der Waals surface area contributed by atoms with Crippen LogP contribution in [0.5, 0.6) is 0 Å². The minimum Gasteiger partial charge on any atom is -0.354 e. The molecule has 0 aliphatic carbocycles. The minimum absolute atomic E-state index is 0.261. The van der Waals surface area contributed by atoms with Crippen molar-refractivity contribution in [2.45, 2.75) is 23.8 Å². The topological polar surface area (TPSA) is 75.3 Å². The molecule has 9 heteroatoms. The zero-order chi connectivity index (χ0) is 20.6. The summed E-state index contributed by atoms with van der Waals surface area (Å²) in [6.45, 7) is 0.266. The first-order valence-corrected chi connectivity index (χ1v) is 11.5. The smallest absolute Gasteiger partial charge is 0.244 e. The lowest BCUT2D eigenvalue weighted by atomic mass is 10.1. The van der Waals surface area contributed by atoms with E-state index in [0.29, 0.717) is 12.2 Å². The van der Waals surface area contributed by atoms with Crippen LogP contribution in [-0.2, 0) is 21.2 Å². The van der Waals surface area contributed by atoms with Gasteiger partial charge in [-0.05, 0) is 54.7 Å². The number of rotatable bonds is 10. The van der Waals surface area contributed by atoms with E-state index in [9.17, 15) is 22.0 Å². The predicted octanol–water partition coefficient (Wildman–Crippen LogP) is 2.72. The van der Waals surface area contributed by atoms with Crippen molar-refractivity contribution in [1.82, 2.24) is 10.0 Å². The molecule has 0 saturated carbocycles. The van der Waals surface area contributed by atoms with E-state index in [1.165, 1.54) is 36.0 Å². The zero-order valence-corrected chi connectivity index (χ0v) is 17.0. The molecule has 5 nitrogen and oxygen atoms in total. The first-order chi connectivity index (χ1) is 13.3. The average Bonchev–Trinajstić information content (AvgIpc) is 2.66. The van der Waals surface area contributed by atoms with Crippen LogP contribution in [0.2, 0.25) is 0 Å². The number of thioether (sulfide) groups is 1. The fourth-order valence-corrected chi connectivity index (χ4v) is 4.28. The summed E-state index contributed by atoms with van der Waals surface area (Å²) in [5.74, 6) is -1.16. The molecule has 2 aromatic rings. The summed E-state index contributed by atoms with van der Waals surface area (Å²) in [5, 5.41) is 2.68. The Bertz CT molecular complexity index is 890. The number of carbonyl (C=O) groups is 1. The Morgan fingerprint density at radius 3 is 2.43 bits per heavy atom. The second kappa shape index (κ2) is 10.5. The summed E-state index contributed by atoms with van der Waals surface area (Å²) < 4.78 is 54.0. The summed E-state index contributed by atoms with van der Waals surface area (Å²) in [6, 6.07) is 9.89. The molecule has 0 aliphatic rings. The van der Waals surface area contributed by atoms with E-state index in [-0.39, 0.29) is 18.8 Å². The van der Waals surface area contributed by atoms with Gasteiger partial charge in [-0.2, -0.15) is 16.5 Å². The Morgan fingerprint density at radius 1 is 1.11 bits per heavy atom. The molecule has 1 atom stereocenters. The van der Waals surface area contributed by atoms with Crippen molar-refractivity contribution in [1.29, 1.82) is 0 Å². The second-order valence-electron chi connectivity index (χ2n) is 6.05. The van der Waals surface area contributed by atoms with Crippen molar-refractivity contribution >= 4 is 27.7 Å². The minimum atomic E-state index is -4.18. The van der Waals surface area contributed by atoms with E-state index in [1.54, 1.807) is 12.1 Å². The molecule has 28 heavy (non-hydrogen) atoms. The molecule has 0 spiro atoms. The van der Waals surface area contributed by atoms with Crippen molar-refractivity contribution in [3.05, 3.63) is 65.7 Å². The van der Waals surface area contributed by atoms with Crippen LogP contribution in [0.15, 0.2) is 53.4 Å². The maximum absolute atomic E-state index is 13.9. The Labute approximate surface area is 168 Å². The van der Waals surface area contributed by atoms with Crippen molar-refractivity contribution < 1.29 is 22.0 Å². The predicted molar refractivity (Wildman–Crippen MR) is 107 cm³/mol. The Hall–Kier alpha value is -1.97. The number of sulfonamides is 1. The van der Waals surface area contributed by atoms with Crippen LogP contribution >= 0.6 is 11.8 Å². The zero-order valence-electron chi connectivity index (χ0n) is 15.3. The third-order valence-electron chi connectivity index (χ3n) is 3.98. The highest BCUT2D eigenvalue weighted by Gasteiger charge is 2.27. The van der Waals surface area contributed by atoms with Gasteiger partial charge < -0.3 is 5.32 Å². The van der Waals surface area contributed by atoms with Gasteiger partial charge in [0, 0.05) is 6.54 Å². The van der Waals surface area contributed by atoms with Crippen LogP contribution in [0.3, 0.4) is 0 Å². The molecular weight excluding hydrogens is 406 g/mol. The molecule has 152 valence electrons. The number of benzene rings is 2. The lowest BCUT2D eigenvalue weighted by Gasteiger charge is -2.18. The van der Waals surface area contributed by atoms with Gasteiger partial charge in [0.1, 0.15) is 22.6 Å². The number of amides is 1. The molecule has 2 aromatic carbocycles. The molecule has 0 saturated heterocycles. The molecule has 0 heterocycles. The fraction of sp³-hybridized carbons (Fsp3) is 0.316. The second-order valence-corrected chi connectivity index (χ2v) is 8.72. The van der Waals surface area contributed by atoms with Crippen molar-refractivity contribution in [3.8, 4) is 0 Å². The van der Waals surface area contributed by atoms with Crippen LogP contribution in [-0.4, -0.2) is 38.9 Å². The number of hydrogen-bond acceptors (Lipinski definition) is 4. The van der Waals surface area contributed by atoms with E-state index in [2.05, 4.69) is 10.0 Å². The molecule has 0 aromatic heterocycles. The SMILES string of the molecule is CSCC[C@H](NS(=O)(=O)c1ccccc1F)C(=O)NCCc1ccc(F)cc1. The van der Waals surface area contributed by atoms with Crippen LogP contribution in [0, 0.1) is 11.6 Å². The largest absolute Gasteiger partial charge is 0.354 e. The first-order valence-electron chi connectivity index (χ1n) is 8.61. The van der Waals surface area contributed by atoms with Gasteiger partial charge in [0.2, 0.25) is 15.9 Å². The van der Waals surface area contributed by atoms with Gasteiger partial charge >= 0.3 is 0 Å². The number of hydrogen-bond donors (Lipinski definition) is 2. The molecule has 0 fully saturated rings. The van der Waals surface area contributed by atoms with Gasteiger partial charge in [-0.1, -0.05) is 24.3 Å². The van der Waals surface area contributed by atoms with Gasteiger partial charge in [0.15, 0.2) is 0 Å². The molecule has 0 unspecified atom stereocenters. The van der Waals surface area contributed by atoms with Gasteiger partial charge in [-0.15, -0.1) is 0 Å². The number of nitrogens with one attached hydrogen (secondary N) is 2. The summed E-state index contributed by atoms with van der Waals surface area (Å²) in [5.41, 5.74) is 0.842. The highest BCUT2D eigenvalue weighted by atomic mass is 32.2. The fourth-order valence-electron chi connectivity index (χ4n) is 2.50. The molecule has 2 N–H and O–H groups in total. The molecule has 0 radical (unpaired) electrons. The third-order valence-corrected chi connectivity index (χ3v) is 6.13. The highest BCUT2D eigenvalue weighted by Crippen LogP contribution is 2.15. The van der Waals surface area contributed by atoms with E-state index >= 15 is 0 Å². The van der Waals surface area contributed by atoms with Crippen LogP contribution in [0.1, 0.15) is 12.0 Å². The van der Waals surface area contributed by atoms with Crippen molar-refractivity contribution in [2.24, 2.45) is 0 Å². The summed E-state index contributed by atoms with van der Waals surface area (Å²) in [7, 11) is -4.18. The lowest BCUT2D eigenvalue weighted by molar-refractivity contribution is -0.122. The third kappa shape index (κ3) is 6.57. The molecule has 0 aliphatic heterocycles. The molecule has 0 bridgehead atoms. The average molecular weight is 429 g/mol. The Kier molecular flexibility index (Phi) is 8.40. The van der Waals surface area contributed by atoms with Gasteiger partial charge in [0.05, 0.1) is 0 Å². The quantitative estimate of drug-likeness (QED) is 0.610. The number of carbonyl (C=O) groups excluding carboxylic acids is 1. The Morgan fingerprint density at radius 2 is 1.79 bits per heavy atom. The van der Waals surface area contributed by atoms with Crippen LogP contribution < -0.4 is 10.0 Å². The van der Waals surface area contributed by atoms with E-state index in [4.69, 9.17) is 0 Å². The summed E-state index contributed by atoms with van der Waals surface area (Å²) in [6.07, 6.45) is 2.58. The molecule has 2 rings (SSSR count). The van der Waals surface area contributed by atoms with Gasteiger partial charge in [0.25, 0.3) is 0 Å². The summed E-state index contributed by atoms with van der Waals surface area (Å²) in [4.78, 5) is 12.0. The van der Waals surface area contributed by atoms with Gasteiger partial charge in [-0.3, -0.25) is 4.79 Å².